The maximum Gasteiger partial charge on any atom is 0.252 e. The average molecular weight is 409 g/mol. The van der Waals surface area contributed by atoms with Gasteiger partial charge in [-0.3, -0.25) is 4.79 Å². The highest BCUT2D eigenvalue weighted by Crippen LogP contribution is 2.27. The number of hydrogen-bond donors (Lipinski definition) is 1. The monoisotopic (exact) mass is 408 g/mol. The molecule has 1 aliphatic heterocycles. The van der Waals surface area contributed by atoms with Crippen LogP contribution in [0.4, 0.5) is 5.69 Å². The number of nitrogens with zero attached hydrogens (tertiary/aromatic N) is 1. The highest BCUT2D eigenvalue weighted by Gasteiger charge is 2.33. The van der Waals surface area contributed by atoms with Crippen LogP contribution in [0.3, 0.4) is 0 Å². The second-order valence-corrected chi connectivity index (χ2v) is 9.93. The topological polar surface area (TPSA) is 75.7 Å². The molecule has 1 aromatic carbocycles. The number of ether oxygens (including phenoxy) is 1. The first-order chi connectivity index (χ1) is 12.9. The van der Waals surface area contributed by atoms with E-state index in [9.17, 15) is 13.2 Å². The molecule has 0 spiro atoms. The van der Waals surface area contributed by atoms with Crippen molar-refractivity contribution in [2.45, 2.75) is 37.0 Å². The van der Waals surface area contributed by atoms with Gasteiger partial charge in [-0.1, -0.05) is 12.1 Å². The second kappa shape index (κ2) is 8.41. The molecule has 3 rings (SSSR count). The lowest BCUT2D eigenvalue weighted by Gasteiger charge is -2.30. The standard InChI is InChI=1S/C19H24N2O4S2/c1-14(2)25-17-8-3-7-16(12-17)20-19(22)15-6-4-10-21(13-15)27(23,24)18-9-5-11-26-18/h3,5,7-9,11-12,14-15H,4,6,10,13H2,1-2H3,(H,20,22)/t15-/m1/s1. The molecule has 1 fully saturated rings. The second-order valence-electron chi connectivity index (χ2n) is 6.82. The molecular formula is C19H24N2O4S2. The Bertz CT molecular complexity index is 879. The van der Waals surface area contributed by atoms with Crippen LogP contribution in [0.5, 0.6) is 5.75 Å². The third kappa shape index (κ3) is 4.88. The number of rotatable bonds is 6. The van der Waals surface area contributed by atoms with E-state index in [2.05, 4.69) is 5.32 Å². The number of benzene rings is 1. The van der Waals surface area contributed by atoms with Gasteiger partial charge in [0.1, 0.15) is 9.96 Å². The van der Waals surface area contributed by atoms with Gasteiger partial charge < -0.3 is 10.1 Å². The third-order valence-corrected chi connectivity index (χ3v) is 7.56. The van der Waals surface area contributed by atoms with Crippen molar-refractivity contribution in [2.75, 3.05) is 18.4 Å². The minimum atomic E-state index is -3.53. The molecule has 1 atom stereocenters. The molecule has 6 nitrogen and oxygen atoms in total. The van der Waals surface area contributed by atoms with Crippen molar-refractivity contribution in [3.05, 3.63) is 41.8 Å². The normalized spacial score (nSPS) is 18.4. The van der Waals surface area contributed by atoms with E-state index in [0.29, 0.717) is 35.0 Å². The van der Waals surface area contributed by atoms with Crippen LogP contribution in [0.2, 0.25) is 0 Å². The summed E-state index contributed by atoms with van der Waals surface area (Å²) >= 11 is 1.20. The van der Waals surface area contributed by atoms with E-state index in [-0.39, 0.29) is 24.5 Å². The fourth-order valence-electron chi connectivity index (χ4n) is 3.08. The average Bonchev–Trinajstić information content (AvgIpc) is 3.17. The molecule has 0 bridgehead atoms. The smallest absolute Gasteiger partial charge is 0.252 e. The molecule has 27 heavy (non-hydrogen) atoms. The number of piperidine rings is 1. The van der Waals surface area contributed by atoms with E-state index in [4.69, 9.17) is 4.74 Å². The largest absolute Gasteiger partial charge is 0.491 e. The zero-order chi connectivity index (χ0) is 19.4. The van der Waals surface area contributed by atoms with Crippen LogP contribution >= 0.6 is 11.3 Å². The maximum atomic E-state index is 12.7. The molecule has 1 aliphatic rings. The van der Waals surface area contributed by atoms with Gasteiger partial charge in [-0.2, -0.15) is 4.31 Å². The van der Waals surface area contributed by atoms with Crippen LogP contribution in [0.15, 0.2) is 46.0 Å². The Morgan fingerprint density at radius 2 is 2.11 bits per heavy atom. The van der Waals surface area contributed by atoms with Crippen molar-refractivity contribution in [3.63, 3.8) is 0 Å². The lowest BCUT2D eigenvalue weighted by Crippen LogP contribution is -2.43. The molecule has 2 heterocycles. The molecule has 0 aliphatic carbocycles. The number of carbonyl (C=O) groups is 1. The van der Waals surface area contributed by atoms with E-state index < -0.39 is 10.0 Å². The van der Waals surface area contributed by atoms with Crippen LogP contribution in [0.1, 0.15) is 26.7 Å². The predicted octanol–water partition coefficient (Wildman–Crippen LogP) is 3.57. The molecule has 0 unspecified atom stereocenters. The van der Waals surface area contributed by atoms with Crippen molar-refractivity contribution in [1.29, 1.82) is 0 Å². The van der Waals surface area contributed by atoms with Crippen molar-refractivity contribution in [2.24, 2.45) is 5.92 Å². The van der Waals surface area contributed by atoms with E-state index in [1.807, 2.05) is 26.0 Å². The van der Waals surface area contributed by atoms with E-state index in [1.54, 1.807) is 29.6 Å². The van der Waals surface area contributed by atoms with Gasteiger partial charge in [0.15, 0.2) is 0 Å². The Kier molecular flexibility index (Phi) is 6.18. The van der Waals surface area contributed by atoms with Gasteiger partial charge in [-0.25, -0.2) is 8.42 Å². The maximum absolute atomic E-state index is 12.7. The Morgan fingerprint density at radius 3 is 2.81 bits per heavy atom. The molecule has 0 radical (unpaired) electrons. The Hall–Kier alpha value is -1.90. The van der Waals surface area contributed by atoms with Crippen LogP contribution in [-0.2, 0) is 14.8 Å². The first-order valence-electron chi connectivity index (χ1n) is 8.97. The predicted molar refractivity (Wildman–Crippen MR) is 107 cm³/mol. The summed E-state index contributed by atoms with van der Waals surface area (Å²) in [5.41, 5.74) is 0.649. The van der Waals surface area contributed by atoms with Gasteiger partial charge in [0.25, 0.3) is 10.0 Å². The summed E-state index contributed by atoms with van der Waals surface area (Å²) < 4.78 is 32.8. The molecule has 0 saturated carbocycles. The molecule has 1 amide bonds. The number of hydrogen-bond acceptors (Lipinski definition) is 5. The molecule has 146 valence electrons. The summed E-state index contributed by atoms with van der Waals surface area (Å²) in [5.74, 6) is 0.152. The number of thiophene rings is 1. The fraction of sp³-hybridized carbons (Fsp3) is 0.421. The summed E-state index contributed by atoms with van der Waals surface area (Å²) in [4.78, 5) is 12.7. The van der Waals surface area contributed by atoms with Gasteiger partial charge in [0.05, 0.1) is 12.0 Å². The molecule has 2 aromatic rings. The summed E-state index contributed by atoms with van der Waals surface area (Å²) in [5, 5.41) is 4.64. The summed E-state index contributed by atoms with van der Waals surface area (Å²) in [6.45, 7) is 4.53. The highest BCUT2D eigenvalue weighted by atomic mass is 32.2. The van der Waals surface area contributed by atoms with Gasteiger partial charge in [-0.05, 0) is 50.3 Å². The Morgan fingerprint density at radius 1 is 1.30 bits per heavy atom. The number of anilines is 1. The fourth-order valence-corrected chi connectivity index (χ4v) is 5.74. The van der Waals surface area contributed by atoms with Crippen LogP contribution in [-0.4, -0.2) is 37.8 Å². The van der Waals surface area contributed by atoms with Crippen LogP contribution in [0, 0.1) is 5.92 Å². The SMILES string of the molecule is CC(C)Oc1cccc(NC(=O)[C@@H]2CCCN(S(=O)(=O)c3cccs3)C2)c1. The molecular weight excluding hydrogens is 384 g/mol. The highest BCUT2D eigenvalue weighted by molar-refractivity contribution is 7.91. The minimum Gasteiger partial charge on any atom is -0.491 e. The van der Waals surface area contributed by atoms with Gasteiger partial charge in [0, 0.05) is 24.8 Å². The van der Waals surface area contributed by atoms with Gasteiger partial charge in [-0.15, -0.1) is 11.3 Å². The zero-order valence-electron chi connectivity index (χ0n) is 15.4. The van der Waals surface area contributed by atoms with Gasteiger partial charge in [0.2, 0.25) is 5.91 Å². The Balaban J connectivity index is 1.67. The quantitative estimate of drug-likeness (QED) is 0.793. The van der Waals surface area contributed by atoms with Gasteiger partial charge >= 0.3 is 0 Å². The van der Waals surface area contributed by atoms with E-state index >= 15 is 0 Å². The zero-order valence-corrected chi connectivity index (χ0v) is 17.1. The molecule has 1 aromatic heterocycles. The Labute approximate surface area is 164 Å². The van der Waals surface area contributed by atoms with Crippen LogP contribution in [0.25, 0.3) is 0 Å². The van der Waals surface area contributed by atoms with Crippen molar-refractivity contribution >= 4 is 33.0 Å². The van der Waals surface area contributed by atoms with E-state index in [1.165, 1.54) is 15.6 Å². The lowest BCUT2D eigenvalue weighted by atomic mass is 9.98. The van der Waals surface area contributed by atoms with Crippen LogP contribution < -0.4 is 10.1 Å². The third-order valence-electron chi connectivity index (χ3n) is 4.32. The molecule has 8 heteroatoms. The summed E-state index contributed by atoms with van der Waals surface area (Å²) in [6, 6.07) is 10.6. The molecule has 1 saturated heterocycles. The lowest BCUT2D eigenvalue weighted by molar-refractivity contribution is -0.120. The minimum absolute atomic E-state index is 0.0466. The van der Waals surface area contributed by atoms with Crippen molar-refractivity contribution < 1.29 is 17.9 Å². The van der Waals surface area contributed by atoms with E-state index in [0.717, 1.165) is 0 Å². The first kappa shape index (κ1) is 19.9. The number of carbonyl (C=O) groups excluding carboxylic acids is 1. The van der Waals surface area contributed by atoms with Crippen molar-refractivity contribution in [3.8, 4) is 5.75 Å². The number of nitrogens with one attached hydrogen (secondary N) is 1. The summed E-state index contributed by atoms with van der Waals surface area (Å²) in [7, 11) is -3.53. The molecule has 1 N–H and O–H groups in total. The summed E-state index contributed by atoms with van der Waals surface area (Å²) in [6.07, 6.45) is 1.38. The number of amides is 1. The van der Waals surface area contributed by atoms with Crippen molar-refractivity contribution in [1.82, 2.24) is 4.31 Å². The first-order valence-corrected chi connectivity index (χ1v) is 11.3. The number of sulfonamides is 1.